The number of hydrogen-bond donors (Lipinski definition) is 0. The van der Waals surface area contributed by atoms with Crippen LogP contribution in [0.5, 0.6) is 11.5 Å². The first kappa shape index (κ1) is 25.3. The quantitative estimate of drug-likeness (QED) is 0.584. The molecule has 0 unspecified atom stereocenters. The fraction of sp³-hybridized carbons (Fsp3) is 0.316. The van der Waals surface area contributed by atoms with Crippen LogP contribution in [0.25, 0.3) is 0 Å². The zero-order valence-electron chi connectivity index (χ0n) is 15.7. The number of ether oxygens (including phenoxy) is 1. The van der Waals surface area contributed by atoms with Gasteiger partial charge < -0.3 is 16.8 Å². The minimum absolute atomic E-state index is 0. The van der Waals surface area contributed by atoms with Crippen molar-refractivity contribution in [1.29, 1.82) is 0 Å². The summed E-state index contributed by atoms with van der Waals surface area (Å²) in [6.45, 7) is 11.0. The van der Waals surface area contributed by atoms with E-state index < -0.39 is 0 Å². The second-order valence-corrected chi connectivity index (χ2v) is 4.23. The molecule has 0 aliphatic carbocycles. The number of rotatable bonds is 2. The van der Waals surface area contributed by atoms with E-state index in [0.29, 0.717) is 6.61 Å². The van der Waals surface area contributed by atoms with Crippen molar-refractivity contribution in [2.45, 2.75) is 41.1 Å². The summed E-state index contributed by atoms with van der Waals surface area (Å²) in [5.41, 5.74) is 2.50. The summed E-state index contributed by atoms with van der Waals surface area (Å²) in [4.78, 5) is 0. The van der Waals surface area contributed by atoms with E-state index in [4.69, 9.17) is 9.39 Å². The SMILES string of the molecule is CB1OCc2cc(Oc3ccccc3)ccc21.CC.CC.[CH3-].[Rb+]. The van der Waals surface area contributed by atoms with Crippen molar-refractivity contribution >= 4 is 12.4 Å². The molecule has 2 nitrogen and oxygen atoms in total. The summed E-state index contributed by atoms with van der Waals surface area (Å²) in [6.07, 6.45) is 0. The molecule has 2 aromatic rings. The Kier molecular flexibility index (Phi) is 15.9. The van der Waals surface area contributed by atoms with Crippen molar-refractivity contribution < 1.29 is 67.6 Å². The molecule has 0 N–H and O–H groups in total. The second kappa shape index (κ2) is 14.4. The number of para-hydroxylation sites is 1. The van der Waals surface area contributed by atoms with Crippen LogP contribution in [-0.2, 0) is 11.3 Å². The molecule has 0 fully saturated rings. The van der Waals surface area contributed by atoms with E-state index in [0.717, 1.165) is 11.5 Å². The van der Waals surface area contributed by atoms with E-state index in [2.05, 4.69) is 19.0 Å². The van der Waals surface area contributed by atoms with Gasteiger partial charge >= 0.3 is 65.1 Å². The monoisotopic (exact) mass is 384 g/mol. The maximum atomic E-state index is 5.78. The Bertz CT molecular complexity index is 532. The van der Waals surface area contributed by atoms with E-state index in [1.54, 1.807) is 0 Å². The van der Waals surface area contributed by atoms with Gasteiger partial charge in [-0.15, -0.1) is 0 Å². The van der Waals surface area contributed by atoms with E-state index in [1.165, 1.54) is 11.0 Å². The van der Waals surface area contributed by atoms with Crippen molar-refractivity contribution in [3.8, 4) is 11.5 Å². The molecule has 0 bridgehead atoms. The van der Waals surface area contributed by atoms with Crippen LogP contribution in [0.3, 0.4) is 0 Å². The topological polar surface area (TPSA) is 18.5 Å². The van der Waals surface area contributed by atoms with E-state index in [1.807, 2.05) is 64.1 Å². The summed E-state index contributed by atoms with van der Waals surface area (Å²) in [6, 6.07) is 16.0. The largest absolute Gasteiger partial charge is 1.00 e. The third-order valence-corrected chi connectivity index (χ3v) is 3.02. The van der Waals surface area contributed by atoms with Crippen LogP contribution in [0.15, 0.2) is 48.5 Å². The summed E-state index contributed by atoms with van der Waals surface area (Å²) in [7, 11) is 0. The van der Waals surface area contributed by atoms with Crippen LogP contribution in [0.4, 0.5) is 0 Å². The van der Waals surface area contributed by atoms with Gasteiger partial charge in [0.2, 0.25) is 0 Å². The zero-order valence-corrected chi connectivity index (χ0v) is 20.6. The van der Waals surface area contributed by atoms with E-state index in [9.17, 15) is 0 Å². The van der Waals surface area contributed by atoms with E-state index >= 15 is 0 Å². The smallest absolute Gasteiger partial charge is 0.457 e. The molecule has 3 rings (SSSR count). The molecule has 120 valence electrons. The van der Waals surface area contributed by atoms with Gasteiger partial charge in [-0.1, -0.05) is 58.8 Å². The summed E-state index contributed by atoms with van der Waals surface area (Å²) >= 11 is 0. The van der Waals surface area contributed by atoms with Gasteiger partial charge in [0.1, 0.15) is 11.5 Å². The Morgan fingerprint density at radius 2 is 1.52 bits per heavy atom. The fourth-order valence-electron chi connectivity index (χ4n) is 2.10. The first-order valence-electron chi connectivity index (χ1n) is 7.80. The standard InChI is InChI=1S/C14H13BO2.2C2H6.CH3.Rb/c1-15-14-8-7-13(9-11(14)10-16-15)17-12-5-3-2-4-6-12;2*1-2;;/h2-9H,10H2,1H3;2*1-2H3;1H3;/q;;;-1;+1. The van der Waals surface area contributed by atoms with Crippen molar-refractivity contribution in [2.24, 2.45) is 0 Å². The summed E-state index contributed by atoms with van der Waals surface area (Å²) in [5.74, 6) is 1.73. The van der Waals surface area contributed by atoms with Gasteiger partial charge in [0, 0.05) is 0 Å². The Morgan fingerprint density at radius 3 is 2.13 bits per heavy atom. The van der Waals surface area contributed by atoms with Crippen LogP contribution < -0.4 is 68.4 Å². The molecule has 0 spiro atoms. The van der Waals surface area contributed by atoms with Crippen molar-refractivity contribution in [1.82, 2.24) is 0 Å². The first-order chi connectivity index (χ1) is 10.3. The van der Waals surface area contributed by atoms with Gasteiger partial charge in [0.25, 0.3) is 0 Å². The minimum atomic E-state index is 0. The molecule has 1 heterocycles. The third-order valence-electron chi connectivity index (χ3n) is 3.02. The molecule has 0 saturated carbocycles. The first-order valence-corrected chi connectivity index (χ1v) is 7.80. The predicted octanol–water partition coefficient (Wildman–Crippen LogP) is 2.34. The summed E-state index contributed by atoms with van der Waals surface area (Å²) < 4.78 is 11.4. The van der Waals surface area contributed by atoms with Crippen molar-refractivity contribution in [3.63, 3.8) is 0 Å². The zero-order chi connectivity index (χ0) is 15.7. The molecule has 0 aromatic heterocycles. The third kappa shape index (κ3) is 7.66. The second-order valence-electron chi connectivity index (χ2n) is 4.23. The molecular weight excluding hydrogens is 356 g/mol. The number of fused-ring (bicyclic) bond motifs is 1. The Balaban J connectivity index is 0. The average Bonchev–Trinajstić information content (AvgIpc) is 2.93. The Labute approximate surface area is 191 Å². The molecule has 2 aromatic carbocycles. The van der Waals surface area contributed by atoms with E-state index in [-0.39, 0.29) is 72.5 Å². The van der Waals surface area contributed by atoms with Crippen molar-refractivity contribution in [2.75, 3.05) is 0 Å². The van der Waals surface area contributed by atoms with Crippen LogP contribution in [0, 0.1) is 7.43 Å². The van der Waals surface area contributed by atoms with Gasteiger partial charge in [-0.05, 0) is 35.3 Å². The van der Waals surface area contributed by atoms with Gasteiger partial charge in [-0.25, -0.2) is 0 Å². The molecule has 0 atom stereocenters. The molecule has 1 aliphatic rings. The van der Waals surface area contributed by atoms with Gasteiger partial charge in [-0.3, -0.25) is 0 Å². The number of hydrogen-bond acceptors (Lipinski definition) is 2. The van der Waals surface area contributed by atoms with Crippen molar-refractivity contribution in [3.05, 3.63) is 61.5 Å². The molecule has 0 amide bonds. The molecule has 0 saturated heterocycles. The Hall–Kier alpha value is 0.0701. The molecule has 0 radical (unpaired) electrons. The predicted molar refractivity (Wildman–Crippen MR) is 98.1 cm³/mol. The van der Waals surface area contributed by atoms with Gasteiger partial charge in [0.15, 0.2) is 0 Å². The van der Waals surface area contributed by atoms with Crippen LogP contribution in [0.2, 0.25) is 6.82 Å². The number of benzene rings is 2. The minimum Gasteiger partial charge on any atom is -0.457 e. The molecular formula is C19H28BO2Rb. The molecule has 4 heteroatoms. The van der Waals surface area contributed by atoms with Crippen LogP contribution in [0.1, 0.15) is 33.3 Å². The van der Waals surface area contributed by atoms with Gasteiger partial charge in [0.05, 0.1) is 6.61 Å². The maximum absolute atomic E-state index is 5.78. The maximum Gasteiger partial charge on any atom is 1.00 e. The normalized spacial score (nSPS) is 10.6. The fourth-order valence-corrected chi connectivity index (χ4v) is 2.10. The Morgan fingerprint density at radius 1 is 0.913 bits per heavy atom. The van der Waals surface area contributed by atoms with Gasteiger partial charge in [-0.2, -0.15) is 0 Å². The molecule has 23 heavy (non-hydrogen) atoms. The average molecular weight is 385 g/mol. The molecule has 1 aliphatic heterocycles. The summed E-state index contributed by atoms with van der Waals surface area (Å²) in [5, 5.41) is 0. The van der Waals surface area contributed by atoms with Crippen LogP contribution in [-0.4, -0.2) is 6.92 Å². The van der Waals surface area contributed by atoms with Crippen LogP contribution >= 0.6 is 0 Å².